The summed E-state index contributed by atoms with van der Waals surface area (Å²) in [4.78, 5) is 11.7. The predicted molar refractivity (Wildman–Crippen MR) is 72.0 cm³/mol. The number of hydrogen-bond acceptors (Lipinski definition) is 6. The molecule has 1 rings (SSSR count). The number of methoxy groups -OCH3 is 1. The molecular formula is C12H17NO5S. The molecule has 2 N–H and O–H groups in total. The summed E-state index contributed by atoms with van der Waals surface area (Å²) >= 11 is 0. The van der Waals surface area contributed by atoms with Crippen molar-refractivity contribution in [1.82, 2.24) is 0 Å². The Hall–Kier alpha value is -1.76. The van der Waals surface area contributed by atoms with Gasteiger partial charge in [0.25, 0.3) is 0 Å². The Kier molecular flexibility index (Phi) is 5.17. The molecule has 0 aromatic heterocycles. The average molecular weight is 287 g/mol. The molecule has 0 aliphatic carbocycles. The minimum Gasteiger partial charge on any atom is -0.497 e. The van der Waals surface area contributed by atoms with Gasteiger partial charge in [0, 0.05) is 17.5 Å². The molecule has 0 spiro atoms. The number of sulfone groups is 1. The molecule has 1 aromatic carbocycles. The van der Waals surface area contributed by atoms with Gasteiger partial charge in [-0.1, -0.05) is 6.92 Å². The fraction of sp³-hybridized carbons (Fsp3) is 0.417. The zero-order chi connectivity index (χ0) is 14.5. The van der Waals surface area contributed by atoms with Crippen LogP contribution in [0.25, 0.3) is 0 Å². The predicted octanol–water partition coefficient (Wildman–Crippen LogP) is 0.869. The van der Waals surface area contributed by atoms with Crippen LogP contribution in [0.4, 0.5) is 5.69 Å². The van der Waals surface area contributed by atoms with Crippen LogP contribution in [0.5, 0.6) is 5.75 Å². The van der Waals surface area contributed by atoms with Gasteiger partial charge in [0.15, 0.2) is 9.84 Å². The van der Waals surface area contributed by atoms with Gasteiger partial charge < -0.3 is 15.2 Å². The first-order valence-electron chi connectivity index (χ1n) is 5.70. The van der Waals surface area contributed by atoms with Crippen molar-refractivity contribution in [2.24, 2.45) is 0 Å². The molecule has 0 aliphatic rings. The highest BCUT2D eigenvalue weighted by molar-refractivity contribution is 7.91. The van der Waals surface area contributed by atoms with Crippen LogP contribution < -0.4 is 10.5 Å². The van der Waals surface area contributed by atoms with Crippen LogP contribution in [0.3, 0.4) is 0 Å². The number of nitrogen functional groups attached to an aromatic ring is 1. The molecular weight excluding hydrogens is 270 g/mol. The van der Waals surface area contributed by atoms with E-state index in [1.807, 2.05) is 0 Å². The number of carbonyl (C=O) groups is 1. The summed E-state index contributed by atoms with van der Waals surface area (Å²) in [6.45, 7) is 1.37. The van der Waals surface area contributed by atoms with Crippen molar-refractivity contribution in [2.45, 2.75) is 6.92 Å². The van der Waals surface area contributed by atoms with E-state index in [9.17, 15) is 13.2 Å². The number of nitrogens with two attached hydrogens (primary N) is 1. The summed E-state index contributed by atoms with van der Waals surface area (Å²) in [7, 11) is -1.69. The van der Waals surface area contributed by atoms with Crippen molar-refractivity contribution in [3.63, 3.8) is 0 Å². The number of benzene rings is 1. The Balaban J connectivity index is 2.66. The minimum atomic E-state index is -3.14. The highest BCUT2D eigenvalue weighted by atomic mass is 32.2. The summed E-state index contributed by atoms with van der Waals surface area (Å²) in [6, 6.07) is 4.49. The first-order chi connectivity index (χ1) is 8.88. The fourth-order valence-electron chi connectivity index (χ4n) is 1.35. The maximum atomic E-state index is 11.7. The number of ether oxygens (including phenoxy) is 2. The number of hydrogen-bond donors (Lipinski definition) is 1. The molecule has 0 fully saturated rings. The van der Waals surface area contributed by atoms with E-state index in [2.05, 4.69) is 0 Å². The third-order valence-electron chi connectivity index (χ3n) is 2.47. The Labute approximate surface area is 112 Å². The molecule has 0 saturated carbocycles. The van der Waals surface area contributed by atoms with E-state index >= 15 is 0 Å². The second-order valence-electron chi connectivity index (χ2n) is 3.87. The van der Waals surface area contributed by atoms with Gasteiger partial charge in [-0.2, -0.15) is 0 Å². The zero-order valence-electron chi connectivity index (χ0n) is 10.9. The van der Waals surface area contributed by atoms with Crippen LogP contribution >= 0.6 is 0 Å². The molecule has 0 unspecified atom stereocenters. The highest BCUT2D eigenvalue weighted by Gasteiger charge is 2.12. The average Bonchev–Trinajstić information content (AvgIpc) is 2.37. The van der Waals surface area contributed by atoms with Crippen molar-refractivity contribution < 1.29 is 22.7 Å². The minimum absolute atomic E-state index is 0.0245. The first-order valence-corrected chi connectivity index (χ1v) is 7.52. The van der Waals surface area contributed by atoms with Gasteiger partial charge in [-0.3, -0.25) is 0 Å². The van der Waals surface area contributed by atoms with Crippen molar-refractivity contribution in [3.8, 4) is 5.75 Å². The number of carbonyl (C=O) groups excluding carboxylic acids is 1. The van der Waals surface area contributed by atoms with E-state index in [1.54, 1.807) is 13.0 Å². The lowest BCUT2D eigenvalue weighted by Gasteiger charge is -2.07. The first kappa shape index (κ1) is 15.3. The van der Waals surface area contributed by atoms with Gasteiger partial charge in [-0.25, -0.2) is 13.2 Å². The smallest absolute Gasteiger partial charge is 0.338 e. The summed E-state index contributed by atoms with van der Waals surface area (Å²) < 4.78 is 32.4. The van der Waals surface area contributed by atoms with Gasteiger partial charge in [0.2, 0.25) is 0 Å². The van der Waals surface area contributed by atoms with Gasteiger partial charge >= 0.3 is 5.97 Å². The Morgan fingerprint density at radius 2 is 2.00 bits per heavy atom. The molecule has 6 nitrogen and oxygen atoms in total. The Bertz CT molecular complexity index is 553. The summed E-state index contributed by atoms with van der Waals surface area (Å²) in [5.41, 5.74) is 6.20. The van der Waals surface area contributed by atoms with Crippen molar-refractivity contribution in [1.29, 1.82) is 0 Å². The van der Waals surface area contributed by atoms with Crippen LogP contribution in [0.2, 0.25) is 0 Å². The third kappa shape index (κ3) is 4.78. The van der Waals surface area contributed by atoms with Crippen LogP contribution in [0.1, 0.15) is 17.3 Å². The normalized spacial score (nSPS) is 11.1. The molecule has 106 valence electrons. The van der Waals surface area contributed by atoms with E-state index in [1.165, 1.54) is 19.2 Å². The quantitative estimate of drug-likeness (QED) is 0.616. The van der Waals surface area contributed by atoms with Gasteiger partial charge in [-0.05, 0) is 12.1 Å². The lowest BCUT2D eigenvalue weighted by molar-refractivity contribution is 0.0529. The van der Waals surface area contributed by atoms with Crippen molar-refractivity contribution >= 4 is 21.5 Å². The van der Waals surface area contributed by atoms with Crippen molar-refractivity contribution in [2.75, 3.05) is 31.0 Å². The summed E-state index contributed by atoms with van der Waals surface area (Å²) in [5, 5.41) is 0. The number of rotatable bonds is 6. The standard InChI is InChI=1S/C12H17NO5S/c1-3-19(15,16)5-4-18-12(14)9-6-10(13)8-11(7-9)17-2/h6-8H,3-5,13H2,1-2H3. The van der Waals surface area contributed by atoms with E-state index in [0.717, 1.165) is 0 Å². The molecule has 0 amide bonds. The lowest BCUT2D eigenvalue weighted by Crippen LogP contribution is -2.17. The maximum absolute atomic E-state index is 11.7. The topological polar surface area (TPSA) is 95.7 Å². The number of anilines is 1. The van der Waals surface area contributed by atoms with Crippen LogP contribution in [0, 0.1) is 0 Å². The molecule has 0 saturated heterocycles. The lowest BCUT2D eigenvalue weighted by atomic mass is 10.2. The van der Waals surface area contributed by atoms with Crippen LogP contribution in [-0.2, 0) is 14.6 Å². The molecule has 0 radical (unpaired) electrons. The Morgan fingerprint density at radius 3 is 2.58 bits per heavy atom. The van der Waals surface area contributed by atoms with Crippen LogP contribution in [0.15, 0.2) is 18.2 Å². The second kappa shape index (κ2) is 6.42. The molecule has 19 heavy (non-hydrogen) atoms. The van der Waals surface area contributed by atoms with Gasteiger partial charge in [0.1, 0.15) is 12.4 Å². The molecule has 0 bridgehead atoms. The summed E-state index contributed by atoms with van der Waals surface area (Å²) in [5.74, 6) is -0.351. The van der Waals surface area contributed by atoms with E-state index in [0.29, 0.717) is 11.4 Å². The maximum Gasteiger partial charge on any atom is 0.338 e. The highest BCUT2D eigenvalue weighted by Crippen LogP contribution is 2.19. The zero-order valence-corrected chi connectivity index (χ0v) is 11.7. The number of esters is 1. The van der Waals surface area contributed by atoms with E-state index in [4.69, 9.17) is 15.2 Å². The summed E-state index contributed by atoms with van der Waals surface area (Å²) in [6.07, 6.45) is 0. The molecule has 0 heterocycles. The second-order valence-corrected chi connectivity index (χ2v) is 6.34. The van der Waals surface area contributed by atoms with Gasteiger partial charge in [-0.15, -0.1) is 0 Å². The van der Waals surface area contributed by atoms with Crippen molar-refractivity contribution in [3.05, 3.63) is 23.8 Å². The molecule has 0 atom stereocenters. The molecule has 1 aromatic rings. The fourth-order valence-corrected chi connectivity index (χ4v) is 1.97. The largest absolute Gasteiger partial charge is 0.497 e. The molecule has 0 aliphatic heterocycles. The van der Waals surface area contributed by atoms with Gasteiger partial charge in [0.05, 0.1) is 18.4 Å². The van der Waals surface area contributed by atoms with E-state index in [-0.39, 0.29) is 23.7 Å². The van der Waals surface area contributed by atoms with Crippen LogP contribution in [-0.4, -0.2) is 39.6 Å². The van der Waals surface area contributed by atoms with E-state index < -0.39 is 15.8 Å². The SMILES string of the molecule is CCS(=O)(=O)CCOC(=O)c1cc(N)cc(OC)c1. The monoisotopic (exact) mass is 287 g/mol. The third-order valence-corrected chi connectivity index (χ3v) is 4.14. The Morgan fingerprint density at radius 1 is 1.32 bits per heavy atom. The molecule has 7 heteroatoms.